The lowest BCUT2D eigenvalue weighted by atomic mass is 10.1. The fourth-order valence-corrected chi connectivity index (χ4v) is 3.52. The molecule has 0 radical (unpaired) electrons. The first-order valence-electron chi connectivity index (χ1n) is 9.92. The molecule has 1 N–H and O–H groups in total. The fourth-order valence-electron chi connectivity index (χ4n) is 3.52. The molecule has 0 saturated carbocycles. The Morgan fingerprint density at radius 2 is 1.72 bits per heavy atom. The Kier molecular flexibility index (Phi) is 4.86. The molecule has 2 amide bonds. The minimum Gasteiger partial charge on any atom is -0.352 e. The van der Waals surface area contributed by atoms with Crippen molar-refractivity contribution in [3.8, 4) is 5.69 Å². The number of rotatable bonds is 2. The molecule has 3 heterocycles. The van der Waals surface area contributed by atoms with Gasteiger partial charge in [0.1, 0.15) is 11.6 Å². The number of piperazine rings is 1. The normalized spacial score (nSPS) is 15.0. The predicted molar refractivity (Wildman–Crippen MR) is 113 cm³/mol. The second-order valence-electron chi connectivity index (χ2n) is 8.38. The van der Waals surface area contributed by atoms with Crippen LogP contribution < -0.4 is 10.2 Å². The third-order valence-electron chi connectivity index (χ3n) is 4.87. The van der Waals surface area contributed by atoms with Crippen LogP contribution in [0.5, 0.6) is 0 Å². The van der Waals surface area contributed by atoms with E-state index >= 15 is 0 Å². The first-order valence-corrected chi connectivity index (χ1v) is 9.92. The molecule has 0 aliphatic carbocycles. The topological polar surface area (TPSA) is 79.2 Å². The summed E-state index contributed by atoms with van der Waals surface area (Å²) in [6, 6.07) is 9.96. The van der Waals surface area contributed by atoms with Crippen molar-refractivity contribution in [2.45, 2.75) is 33.2 Å². The molecule has 8 heteroatoms. The summed E-state index contributed by atoms with van der Waals surface area (Å²) in [6.45, 7) is 10.6. The van der Waals surface area contributed by atoms with Gasteiger partial charge in [-0.2, -0.15) is 5.10 Å². The maximum atomic E-state index is 12.4. The summed E-state index contributed by atoms with van der Waals surface area (Å²) in [5.74, 6) is 1.59. The van der Waals surface area contributed by atoms with E-state index in [2.05, 4.69) is 20.3 Å². The molecule has 0 atom stereocenters. The fraction of sp³-hybridized carbons (Fsp3) is 0.429. The Morgan fingerprint density at radius 1 is 1.03 bits per heavy atom. The van der Waals surface area contributed by atoms with Crippen LogP contribution >= 0.6 is 0 Å². The number of aromatic nitrogens is 4. The van der Waals surface area contributed by atoms with Gasteiger partial charge in [0.25, 0.3) is 0 Å². The Bertz CT molecular complexity index is 1010. The molecular formula is C21H27N7O. The van der Waals surface area contributed by atoms with E-state index in [4.69, 9.17) is 4.98 Å². The lowest BCUT2D eigenvalue weighted by molar-refractivity contribution is 0.185. The number of benzene rings is 1. The van der Waals surface area contributed by atoms with Crippen LogP contribution in [0.1, 0.15) is 26.6 Å². The Labute approximate surface area is 170 Å². The molecular weight excluding hydrogens is 366 g/mol. The van der Waals surface area contributed by atoms with Gasteiger partial charge in [-0.05, 0) is 39.8 Å². The number of anilines is 1. The van der Waals surface area contributed by atoms with Crippen molar-refractivity contribution in [2.75, 3.05) is 31.1 Å². The summed E-state index contributed by atoms with van der Waals surface area (Å²) in [6.07, 6.45) is 1.83. The van der Waals surface area contributed by atoms with Crippen molar-refractivity contribution < 1.29 is 4.79 Å². The van der Waals surface area contributed by atoms with Crippen LogP contribution in [0.2, 0.25) is 0 Å². The van der Waals surface area contributed by atoms with E-state index in [1.807, 2.05) is 73.8 Å². The maximum Gasteiger partial charge on any atom is 0.317 e. The number of urea groups is 1. The van der Waals surface area contributed by atoms with Gasteiger partial charge in [-0.1, -0.05) is 18.2 Å². The third kappa shape index (κ3) is 4.01. The highest BCUT2D eigenvalue weighted by molar-refractivity contribution is 5.88. The van der Waals surface area contributed by atoms with Crippen LogP contribution in [-0.2, 0) is 0 Å². The van der Waals surface area contributed by atoms with Gasteiger partial charge in [0.15, 0.2) is 5.65 Å². The van der Waals surface area contributed by atoms with Gasteiger partial charge < -0.3 is 15.1 Å². The smallest absolute Gasteiger partial charge is 0.317 e. The monoisotopic (exact) mass is 393 g/mol. The summed E-state index contributed by atoms with van der Waals surface area (Å²) >= 11 is 0. The number of fused-ring (bicyclic) bond motifs is 1. The highest BCUT2D eigenvalue weighted by atomic mass is 16.2. The Hall–Kier alpha value is -3.16. The van der Waals surface area contributed by atoms with Gasteiger partial charge >= 0.3 is 6.03 Å². The third-order valence-corrected chi connectivity index (χ3v) is 4.87. The largest absolute Gasteiger partial charge is 0.352 e. The van der Waals surface area contributed by atoms with Crippen LogP contribution in [-0.4, -0.2) is 62.4 Å². The van der Waals surface area contributed by atoms with Gasteiger partial charge in [0, 0.05) is 31.7 Å². The van der Waals surface area contributed by atoms with Gasteiger partial charge in [-0.3, -0.25) is 0 Å². The minimum absolute atomic E-state index is 0.0157. The van der Waals surface area contributed by atoms with Crippen molar-refractivity contribution in [3.63, 3.8) is 0 Å². The molecule has 1 aromatic carbocycles. The number of nitrogens with one attached hydrogen (secondary N) is 1. The number of hydrogen-bond donors (Lipinski definition) is 1. The number of carbonyl (C=O) groups excluding carboxylic acids is 1. The number of amides is 2. The maximum absolute atomic E-state index is 12.4. The molecule has 1 aliphatic heterocycles. The van der Waals surface area contributed by atoms with E-state index in [0.29, 0.717) is 18.9 Å². The van der Waals surface area contributed by atoms with Crippen molar-refractivity contribution in [1.82, 2.24) is 30.0 Å². The second kappa shape index (κ2) is 7.35. The predicted octanol–water partition coefficient (Wildman–Crippen LogP) is 2.75. The van der Waals surface area contributed by atoms with Crippen LogP contribution in [0.3, 0.4) is 0 Å². The molecule has 29 heavy (non-hydrogen) atoms. The Morgan fingerprint density at radius 3 is 2.38 bits per heavy atom. The van der Waals surface area contributed by atoms with Crippen molar-refractivity contribution in [1.29, 1.82) is 0 Å². The van der Waals surface area contributed by atoms with Crippen LogP contribution in [0.15, 0.2) is 36.5 Å². The van der Waals surface area contributed by atoms with E-state index in [9.17, 15) is 4.79 Å². The highest BCUT2D eigenvalue weighted by Gasteiger charge is 2.26. The van der Waals surface area contributed by atoms with E-state index in [0.717, 1.165) is 35.6 Å². The van der Waals surface area contributed by atoms with Crippen molar-refractivity contribution in [3.05, 3.63) is 42.4 Å². The van der Waals surface area contributed by atoms with Gasteiger partial charge in [-0.15, -0.1) is 0 Å². The molecule has 8 nitrogen and oxygen atoms in total. The number of carbonyl (C=O) groups is 1. The SMILES string of the molecule is Cc1nc(N2CCN(C(=O)NC(C)(C)C)CC2)c2cnn(-c3ccccc3)c2n1. The van der Waals surface area contributed by atoms with E-state index in [-0.39, 0.29) is 11.6 Å². The summed E-state index contributed by atoms with van der Waals surface area (Å²) in [5.41, 5.74) is 1.53. The van der Waals surface area contributed by atoms with Crippen LogP contribution in [0.25, 0.3) is 16.7 Å². The first kappa shape index (κ1) is 19.2. The number of nitrogens with zero attached hydrogens (tertiary/aromatic N) is 6. The van der Waals surface area contributed by atoms with Gasteiger partial charge in [-0.25, -0.2) is 19.4 Å². The molecule has 4 rings (SSSR count). The minimum atomic E-state index is -0.240. The Balaban J connectivity index is 1.58. The molecule has 1 saturated heterocycles. The summed E-state index contributed by atoms with van der Waals surface area (Å²) < 4.78 is 1.85. The van der Waals surface area contributed by atoms with E-state index in [1.165, 1.54) is 0 Å². The zero-order valence-corrected chi connectivity index (χ0v) is 17.4. The van der Waals surface area contributed by atoms with Crippen LogP contribution in [0.4, 0.5) is 10.6 Å². The van der Waals surface area contributed by atoms with E-state index in [1.54, 1.807) is 0 Å². The second-order valence-corrected chi connectivity index (χ2v) is 8.38. The molecule has 0 spiro atoms. The van der Waals surface area contributed by atoms with Crippen LogP contribution in [0, 0.1) is 6.92 Å². The average molecular weight is 393 g/mol. The lowest BCUT2D eigenvalue weighted by Crippen LogP contribution is -2.55. The summed E-state index contributed by atoms with van der Waals surface area (Å²) in [7, 11) is 0. The van der Waals surface area contributed by atoms with E-state index < -0.39 is 0 Å². The van der Waals surface area contributed by atoms with Crippen molar-refractivity contribution in [2.24, 2.45) is 0 Å². The number of hydrogen-bond acceptors (Lipinski definition) is 5. The molecule has 0 bridgehead atoms. The quantitative estimate of drug-likeness (QED) is 0.724. The van der Waals surface area contributed by atoms with Gasteiger partial charge in [0.05, 0.1) is 17.3 Å². The molecule has 1 aliphatic rings. The zero-order chi connectivity index (χ0) is 20.6. The molecule has 2 aromatic heterocycles. The number of aryl methyl sites for hydroxylation is 1. The number of para-hydroxylation sites is 1. The van der Waals surface area contributed by atoms with Gasteiger partial charge in [0.2, 0.25) is 0 Å². The van der Waals surface area contributed by atoms with Crippen molar-refractivity contribution >= 4 is 22.9 Å². The zero-order valence-electron chi connectivity index (χ0n) is 17.4. The first-order chi connectivity index (χ1) is 13.8. The standard InChI is InChI=1S/C21H27N7O/c1-15-23-18(26-10-12-27(13-11-26)20(29)25-21(2,3)4)17-14-22-28(19(17)24-15)16-8-6-5-7-9-16/h5-9,14H,10-13H2,1-4H3,(H,25,29). The highest BCUT2D eigenvalue weighted by Crippen LogP contribution is 2.26. The average Bonchev–Trinajstić information content (AvgIpc) is 3.10. The summed E-state index contributed by atoms with van der Waals surface area (Å²) in [5, 5.41) is 8.52. The summed E-state index contributed by atoms with van der Waals surface area (Å²) in [4.78, 5) is 25.9. The lowest BCUT2D eigenvalue weighted by Gasteiger charge is -2.37. The molecule has 0 unspecified atom stereocenters. The molecule has 1 fully saturated rings. The molecule has 152 valence electrons. The molecule has 3 aromatic rings.